The van der Waals surface area contributed by atoms with Crippen LogP contribution in [0.4, 0.5) is 5.69 Å². The Hall–Kier alpha value is -0.190. The number of nitrogens with two attached hydrogens (primary N) is 1. The Kier molecular flexibility index (Phi) is 7.00. The lowest BCUT2D eigenvalue weighted by Crippen LogP contribution is -2.29. The Labute approximate surface area is 117 Å². The summed E-state index contributed by atoms with van der Waals surface area (Å²) in [5, 5.41) is 3.52. The zero-order valence-electron chi connectivity index (χ0n) is 10.5. The molecule has 0 aliphatic rings. The summed E-state index contributed by atoms with van der Waals surface area (Å²) in [7, 11) is 0. The van der Waals surface area contributed by atoms with Crippen molar-refractivity contribution in [1.29, 1.82) is 0 Å². The molecule has 0 radical (unpaired) electrons. The second-order valence-corrected chi connectivity index (χ2v) is 6.04. The number of halogens is 1. The summed E-state index contributed by atoms with van der Waals surface area (Å²) in [6.07, 6.45) is 4.47. The molecule has 1 unspecified atom stereocenters. The van der Waals surface area contributed by atoms with Crippen LogP contribution in [0.25, 0.3) is 0 Å². The molecule has 0 saturated carbocycles. The molecule has 0 aromatic heterocycles. The standard InChI is InChI=1S/C13H21BrN2S/c1-10-5-6-12(14)13(8-10)16-11(9-15)4-3-7-17-2/h5-6,8,11,16H,3-4,7,9,15H2,1-2H3. The fourth-order valence-corrected chi connectivity index (χ4v) is 2.51. The number of benzene rings is 1. The highest BCUT2D eigenvalue weighted by Crippen LogP contribution is 2.24. The van der Waals surface area contributed by atoms with Crippen LogP contribution in [0.2, 0.25) is 0 Å². The van der Waals surface area contributed by atoms with Crippen LogP contribution in [0.15, 0.2) is 22.7 Å². The summed E-state index contributed by atoms with van der Waals surface area (Å²) in [5.41, 5.74) is 8.21. The monoisotopic (exact) mass is 316 g/mol. The average Bonchev–Trinajstić information content (AvgIpc) is 2.32. The van der Waals surface area contributed by atoms with Crippen molar-refractivity contribution in [3.8, 4) is 0 Å². The Morgan fingerprint density at radius 3 is 2.88 bits per heavy atom. The summed E-state index contributed by atoms with van der Waals surface area (Å²) in [6, 6.07) is 6.69. The fraction of sp³-hybridized carbons (Fsp3) is 0.538. The van der Waals surface area contributed by atoms with E-state index in [0.29, 0.717) is 12.6 Å². The molecule has 1 atom stereocenters. The van der Waals surface area contributed by atoms with Crippen LogP contribution in [0.5, 0.6) is 0 Å². The number of nitrogens with one attached hydrogen (secondary N) is 1. The van der Waals surface area contributed by atoms with Gasteiger partial charge in [0.15, 0.2) is 0 Å². The van der Waals surface area contributed by atoms with E-state index in [2.05, 4.69) is 52.6 Å². The topological polar surface area (TPSA) is 38.0 Å². The molecule has 0 fully saturated rings. The van der Waals surface area contributed by atoms with Gasteiger partial charge in [0.2, 0.25) is 0 Å². The third-order valence-electron chi connectivity index (χ3n) is 2.67. The molecule has 96 valence electrons. The first-order valence-electron chi connectivity index (χ1n) is 5.89. The van der Waals surface area contributed by atoms with Crippen LogP contribution in [0.3, 0.4) is 0 Å². The zero-order chi connectivity index (χ0) is 12.7. The van der Waals surface area contributed by atoms with Crippen molar-refractivity contribution in [2.45, 2.75) is 25.8 Å². The lowest BCUT2D eigenvalue weighted by Gasteiger charge is -2.19. The van der Waals surface area contributed by atoms with E-state index < -0.39 is 0 Å². The van der Waals surface area contributed by atoms with Gasteiger partial charge in [0.25, 0.3) is 0 Å². The predicted molar refractivity (Wildman–Crippen MR) is 83.0 cm³/mol. The van der Waals surface area contributed by atoms with Gasteiger partial charge in [-0.05, 0) is 65.4 Å². The van der Waals surface area contributed by atoms with Gasteiger partial charge in [0.05, 0.1) is 0 Å². The Morgan fingerprint density at radius 1 is 1.47 bits per heavy atom. The van der Waals surface area contributed by atoms with Crippen LogP contribution in [0.1, 0.15) is 18.4 Å². The molecule has 0 aliphatic heterocycles. The highest BCUT2D eigenvalue weighted by Gasteiger charge is 2.08. The summed E-state index contributed by atoms with van der Waals surface area (Å²) >= 11 is 5.45. The fourth-order valence-electron chi connectivity index (χ4n) is 1.69. The van der Waals surface area contributed by atoms with Crippen LogP contribution >= 0.6 is 27.7 Å². The van der Waals surface area contributed by atoms with Gasteiger partial charge in [0, 0.05) is 22.7 Å². The van der Waals surface area contributed by atoms with Crippen molar-refractivity contribution in [3.05, 3.63) is 28.2 Å². The summed E-state index contributed by atoms with van der Waals surface area (Å²) in [6.45, 7) is 2.78. The Morgan fingerprint density at radius 2 is 2.24 bits per heavy atom. The molecule has 3 N–H and O–H groups in total. The number of hydrogen-bond donors (Lipinski definition) is 2. The molecule has 0 spiro atoms. The third-order valence-corrected chi connectivity index (χ3v) is 4.06. The maximum Gasteiger partial charge on any atom is 0.0489 e. The maximum atomic E-state index is 5.81. The van der Waals surface area contributed by atoms with Crippen LogP contribution < -0.4 is 11.1 Å². The van der Waals surface area contributed by atoms with Crippen molar-refractivity contribution in [1.82, 2.24) is 0 Å². The van der Waals surface area contributed by atoms with E-state index in [1.54, 1.807) is 0 Å². The minimum atomic E-state index is 0.361. The van der Waals surface area contributed by atoms with Gasteiger partial charge in [-0.25, -0.2) is 0 Å². The van der Waals surface area contributed by atoms with Crippen LogP contribution in [-0.4, -0.2) is 24.6 Å². The number of anilines is 1. The largest absolute Gasteiger partial charge is 0.380 e. The van der Waals surface area contributed by atoms with Gasteiger partial charge in [-0.2, -0.15) is 11.8 Å². The second-order valence-electron chi connectivity index (χ2n) is 4.20. The van der Waals surface area contributed by atoms with Crippen molar-refractivity contribution < 1.29 is 0 Å². The van der Waals surface area contributed by atoms with E-state index in [-0.39, 0.29) is 0 Å². The molecule has 0 amide bonds. The van der Waals surface area contributed by atoms with Crippen molar-refractivity contribution >= 4 is 33.4 Å². The smallest absolute Gasteiger partial charge is 0.0489 e. The molecule has 0 saturated heterocycles. The van der Waals surface area contributed by atoms with E-state index in [1.165, 1.54) is 17.7 Å². The molecular weight excluding hydrogens is 296 g/mol. The van der Waals surface area contributed by atoms with Crippen LogP contribution in [0, 0.1) is 6.92 Å². The van der Waals surface area contributed by atoms with Crippen LogP contribution in [-0.2, 0) is 0 Å². The van der Waals surface area contributed by atoms with E-state index in [1.807, 2.05) is 11.8 Å². The van der Waals surface area contributed by atoms with E-state index >= 15 is 0 Å². The van der Waals surface area contributed by atoms with E-state index in [0.717, 1.165) is 16.6 Å². The predicted octanol–water partition coefficient (Wildman–Crippen LogP) is 3.64. The number of aryl methyl sites for hydroxylation is 1. The molecule has 4 heteroatoms. The first-order valence-corrected chi connectivity index (χ1v) is 8.07. The van der Waals surface area contributed by atoms with Gasteiger partial charge in [-0.1, -0.05) is 6.07 Å². The number of rotatable bonds is 7. The minimum absolute atomic E-state index is 0.361. The molecule has 2 nitrogen and oxygen atoms in total. The van der Waals surface area contributed by atoms with Gasteiger partial charge in [-0.3, -0.25) is 0 Å². The Balaban J connectivity index is 2.57. The first-order chi connectivity index (χ1) is 8.17. The summed E-state index contributed by atoms with van der Waals surface area (Å²) in [4.78, 5) is 0. The van der Waals surface area contributed by atoms with Crippen molar-refractivity contribution in [3.63, 3.8) is 0 Å². The lowest BCUT2D eigenvalue weighted by atomic mass is 10.1. The average molecular weight is 317 g/mol. The van der Waals surface area contributed by atoms with E-state index in [9.17, 15) is 0 Å². The molecule has 0 aliphatic carbocycles. The first kappa shape index (κ1) is 14.9. The molecule has 1 aromatic rings. The van der Waals surface area contributed by atoms with Gasteiger partial charge in [-0.15, -0.1) is 0 Å². The van der Waals surface area contributed by atoms with Crippen molar-refractivity contribution in [2.24, 2.45) is 5.73 Å². The highest BCUT2D eigenvalue weighted by molar-refractivity contribution is 9.10. The lowest BCUT2D eigenvalue weighted by molar-refractivity contribution is 0.651. The molecule has 0 bridgehead atoms. The minimum Gasteiger partial charge on any atom is -0.380 e. The Bertz CT molecular complexity index is 344. The molecule has 1 aromatic carbocycles. The van der Waals surface area contributed by atoms with Gasteiger partial charge < -0.3 is 11.1 Å². The second kappa shape index (κ2) is 8.01. The molecule has 0 heterocycles. The highest BCUT2D eigenvalue weighted by atomic mass is 79.9. The SMILES string of the molecule is CSCCCC(CN)Nc1cc(C)ccc1Br. The molecule has 17 heavy (non-hydrogen) atoms. The maximum absolute atomic E-state index is 5.81. The van der Waals surface area contributed by atoms with Crippen molar-refractivity contribution in [2.75, 3.05) is 23.9 Å². The zero-order valence-corrected chi connectivity index (χ0v) is 12.9. The quantitative estimate of drug-likeness (QED) is 0.754. The van der Waals surface area contributed by atoms with Gasteiger partial charge in [0.1, 0.15) is 0 Å². The summed E-state index contributed by atoms with van der Waals surface area (Å²) in [5.74, 6) is 1.20. The van der Waals surface area contributed by atoms with E-state index in [4.69, 9.17) is 5.73 Å². The normalized spacial score (nSPS) is 12.5. The molecular formula is C13H21BrN2S. The number of hydrogen-bond acceptors (Lipinski definition) is 3. The third kappa shape index (κ3) is 5.32. The van der Waals surface area contributed by atoms with Gasteiger partial charge >= 0.3 is 0 Å². The summed E-state index contributed by atoms with van der Waals surface area (Å²) < 4.78 is 1.10. The molecule has 1 rings (SSSR count). The number of thioether (sulfide) groups is 1.